The van der Waals surface area contributed by atoms with Gasteiger partial charge in [-0.15, -0.1) is 10.2 Å². The fourth-order valence-electron chi connectivity index (χ4n) is 2.20. The molecule has 1 amide bonds. The lowest BCUT2D eigenvalue weighted by Crippen LogP contribution is -2.27. The van der Waals surface area contributed by atoms with E-state index in [0.29, 0.717) is 11.5 Å². The van der Waals surface area contributed by atoms with Crippen LogP contribution in [0.25, 0.3) is 17.0 Å². The molecule has 0 bridgehead atoms. The Morgan fingerprint density at radius 1 is 1.13 bits per heavy atom. The molecule has 2 aromatic heterocycles. The first-order valence-electron chi connectivity index (χ1n) is 7.33. The molecule has 3 rings (SSSR count). The number of nitrogens with one attached hydrogen (secondary N) is 1. The number of carbonyl (C=O) groups excluding carboxylic acids is 1. The minimum absolute atomic E-state index is 0.485. The first-order chi connectivity index (χ1) is 10.9. The van der Waals surface area contributed by atoms with Crippen LogP contribution in [0.1, 0.15) is 20.8 Å². The van der Waals surface area contributed by atoms with Gasteiger partial charge in [0.15, 0.2) is 11.5 Å². The Balaban J connectivity index is 1.87. The molecule has 6 nitrogen and oxygen atoms in total. The molecule has 0 aliphatic rings. The predicted molar refractivity (Wildman–Crippen MR) is 88.3 cm³/mol. The zero-order chi connectivity index (χ0) is 16.4. The first kappa shape index (κ1) is 15.0. The first-order valence-corrected chi connectivity index (χ1v) is 7.33. The molecule has 1 N–H and O–H groups in total. The second-order valence-corrected chi connectivity index (χ2v) is 6.16. The SMILES string of the molecule is CC(C)(C)OC(=O)Nc1cccc(-c2nnc3ccccn23)c1. The quantitative estimate of drug-likeness (QED) is 0.783. The summed E-state index contributed by atoms with van der Waals surface area (Å²) in [5.41, 5.74) is 1.74. The lowest BCUT2D eigenvalue weighted by Gasteiger charge is -2.19. The summed E-state index contributed by atoms with van der Waals surface area (Å²) in [5.74, 6) is 0.716. The zero-order valence-corrected chi connectivity index (χ0v) is 13.3. The van der Waals surface area contributed by atoms with Crippen LogP contribution in [0.3, 0.4) is 0 Å². The average molecular weight is 310 g/mol. The Labute approximate surface area is 134 Å². The summed E-state index contributed by atoms with van der Waals surface area (Å²) in [5, 5.41) is 11.1. The van der Waals surface area contributed by atoms with E-state index in [1.54, 1.807) is 6.07 Å². The third kappa shape index (κ3) is 3.48. The molecule has 6 heteroatoms. The van der Waals surface area contributed by atoms with Gasteiger partial charge in [-0.2, -0.15) is 0 Å². The van der Waals surface area contributed by atoms with Gasteiger partial charge in [0.05, 0.1) is 0 Å². The van der Waals surface area contributed by atoms with Crippen molar-refractivity contribution in [2.45, 2.75) is 26.4 Å². The van der Waals surface area contributed by atoms with Gasteiger partial charge in [0, 0.05) is 17.4 Å². The molecule has 23 heavy (non-hydrogen) atoms. The van der Waals surface area contributed by atoms with Gasteiger partial charge in [-0.25, -0.2) is 4.79 Å². The van der Waals surface area contributed by atoms with Crippen LogP contribution in [0.2, 0.25) is 0 Å². The van der Waals surface area contributed by atoms with Crippen LogP contribution < -0.4 is 5.32 Å². The van der Waals surface area contributed by atoms with Gasteiger partial charge in [-0.3, -0.25) is 9.72 Å². The van der Waals surface area contributed by atoms with E-state index < -0.39 is 11.7 Å². The Morgan fingerprint density at radius 3 is 2.74 bits per heavy atom. The third-order valence-corrected chi connectivity index (χ3v) is 3.08. The number of hydrogen-bond acceptors (Lipinski definition) is 4. The van der Waals surface area contributed by atoms with Crippen molar-refractivity contribution in [2.75, 3.05) is 5.32 Å². The molecule has 0 saturated heterocycles. The van der Waals surface area contributed by atoms with Crippen LogP contribution in [-0.2, 0) is 4.74 Å². The molecule has 0 fully saturated rings. The van der Waals surface area contributed by atoms with Crippen LogP contribution >= 0.6 is 0 Å². The molecule has 3 aromatic rings. The fourth-order valence-corrected chi connectivity index (χ4v) is 2.20. The van der Waals surface area contributed by atoms with Crippen LogP contribution in [0.15, 0.2) is 48.7 Å². The summed E-state index contributed by atoms with van der Waals surface area (Å²) in [6.07, 6.45) is 1.42. The van der Waals surface area contributed by atoms with Crippen molar-refractivity contribution in [1.82, 2.24) is 14.6 Å². The monoisotopic (exact) mass is 310 g/mol. The normalized spacial score (nSPS) is 11.4. The molecule has 0 aliphatic carbocycles. The Kier molecular flexibility index (Phi) is 3.73. The number of anilines is 1. The van der Waals surface area contributed by atoms with E-state index in [4.69, 9.17) is 4.74 Å². The summed E-state index contributed by atoms with van der Waals surface area (Å²) in [6, 6.07) is 13.1. The Morgan fingerprint density at radius 2 is 1.96 bits per heavy atom. The standard InChI is InChI=1S/C17H18N4O2/c1-17(2,3)23-16(22)18-13-8-6-7-12(11-13)15-20-19-14-9-4-5-10-21(14)15/h4-11H,1-3H3,(H,18,22). The zero-order valence-electron chi connectivity index (χ0n) is 13.3. The lowest BCUT2D eigenvalue weighted by atomic mass is 10.2. The largest absolute Gasteiger partial charge is 0.444 e. The molecule has 0 unspecified atom stereocenters. The number of benzene rings is 1. The molecule has 0 saturated carbocycles. The maximum Gasteiger partial charge on any atom is 0.412 e. The van der Waals surface area contributed by atoms with E-state index in [9.17, 15) is 4.79 Å². The van der Waals surface area contributed by atoms with Crippen molar-refractivity contribution in [3.05, 3.63) is 48.7 Å². The highest BCUT2D eigenvalue weighted by Gasteiger charge is 2.16. The smallest absolute Gasteiger partial charge is 0.412 e. The number of pyridine rings is 1. The Hall–Kier alpha value is -2.89. The van der Waals surface area contributed by atoms with Crippen LogP contribution in [0.5, 0.6) is 0 Å². The minimum atomic E-state index is -0.537. The van der Waals surface area contributed by atoms with Gasteiger partial charge in [-0.05, 0) is 45.0 Å². The summed E-state index contributed by atoms with van der Waals surface area (Å²) < 4.78 is 7.15. The molecule has 118 valence electrons. The maximum atomic E-state index is 11.9. The number of ether oxygens (including phenoxy) is 1. The molecule has 2 heterocycles. The highest BCUT2D eigenvalue weighted by atomic mass is 16.6. The summed E-state index contributed by atoms with van der Waals surface area (Å²) in [7, 11) is 0. The third-order valence-electron chi connectivity index (χ3n) is 3.08. The van der Waals surface area contributed by atoms with Gasteiger partial charge in [-0.1, -0.05) is 18.2 Å². The van der Waals surface area contributed by atoms with Crippen molar-refractivity contribution in [3.63, 3.8) is 0 Å². The van der Waals surface area contributed by atoms with Crippen LogP contribution in [0, 0.1) is 0 Å². The highest BCUT2D eigenvalue weighted by Crippen LogP contribution is 2.22. The van der Waals surface area contributed by atoms with Gasteiger partial charge < -0.3 is 4.74 Å². The van der Waals surface area contributed by atoms with Crippen molar-refractivity contribution in [3.8, 4) is 11.4 Å². The molecular weight excluding hydrogens is 292 g/mol. The highest BCUT2D eigenvalue weighted by molar-refractivity contribution is 5.85. The van der Waals surface area contributed by atoms with Crippen molar-refractivity contribution in [1.29, 1.82) is 0 Å². The molecule has 0 spiro atoms. The molecule has 0 aliphatic heterocycles. The second-order valence-electron chi connectivity index (χ2n) is 6.16. The average Bonchev–Trinajstić information content (AvgIpc) is 2.89. The van der Waals surface area contributed by atoms with E-state index in [0.717, 1.165) is 11.2 Å². The van der Waals surface area contributed by atoms with Crippen molar-refractivity contribution in [2.24, 2.45) is 0 Å². The fraction of sp³-hybridized carbons (Fsp3) is 0.235. The maximum absolute atomic E-state index is 11.9. The second kappa shape index (κ2) is 5.72. The van der Waals surface area contributed by atoms with Gasteiger partial charge in [0.1, 0.15) is 5.60 Å². The number of aromatic nitrogens is 3. The number of rotatable bonds is 2. The van der Waals surface area contributed by atoms with Gasteiger partial charge in [0.25, 0.3) is 0 Å². The Bertz CT molecular complexity index is 849. The van der Waals surface area contributed by atoms with Gasteiger partial charge >= 0.3 is 6.09 Å². The topological polar surface area (TPSA) is 68.5 Å². The number of fused-ring (bicyclic) bond motifs is 1. The van der Waals surface area contributed by atoms with E-state index in [1.165, 1.54) is 0 Å². The molecular formula is C17H18N4O2. The van der Waals surface area contributed by atoms with Crippen LogP contribution in [-0.4, -0.2) is 26.3 Å². The lowest BCUT2D eigenvalue weighted by molar-refractivity contribution is 0.0636. The number of nitrogens with zero attached hydrogens (tertiary/aromatic N) is 3. The molecule has 0 radical (unpaired) electrons. The van der Waals surface area contributed by atoms with Crippen LogP contribution in [0.4, 0.5) is 10.5 Å². The summed E-state index contributed by atoms with van der Waals surface area (Å²) in [4.78, 5) is 11.9. The summed E-state index contributed by atoms with van der Waals surface area (Å²) >= 11 is 0. The van der Waals surface area contributed by atoms with Crippen molar-refractivity contribution < 1.29 is 9.53 Å². The van der Waals surface area contributed by atoms with E-state index in [2.05, 4.69) is 15.5 Å². The number of amides is 1. The summed E-state index contributed by atoms with van der Waals surface area (Å²) in [6.45, 7) is 5.47. The number of hydrogen-bond donors (Lipinski definition) is 1. The molecule has 1 aromatic carbocycles. The predicted octanol–water partition coefficient (Wildman–Crippen LogP) is 3.74. The van der Waals surface area contributed by atoms with E-state index in [1.807, 2.05) is 67.8 Å². The van der Waals surface area contributed by atoms with E-state index >= 15 is 0 Å². The van der Waals surface area contributed by atoms with Crippen molar-refractivity contribution >= 4 is 17.4 Å². The number of carbonyl (C=O) groups is 1. The van der Waals surface area contributed by atoms with Gasteiger partial charge in [0.2, 0.25) is 0 Å². The van der Waals surface area contributed by atoms with E-state index in [-0.39, 0.29) is 0 Å². The minimum Gasteiger partial charge on any atom is -0.444 e. The molecule has 0 atom stereocenters.